The molecule has 2 rings (SSSR count). The number of aryl methyl sites for hydroxylation is 1. The number of rotatable bonds is 5. The minimum Gasteiger partial charge on any atom is -0.504 e. The third-order valence-electron chi connectivity index (χ3n) is 4.25. The molecule has 1 atom stereocenters. The molecule has 0 aromatic heterocycles. The number of phenolic OH excluding ortho intramolecular Hbond substituents is 1. The fourth-order valence-electron chi connectivity index (χ4n) is 3.08. The van der Waals surface area contributed by atoms with Gasteiger partial charge < -0.3 is 19.8 Å². The Kier molecular flexibility index (Phi) is 5.47. The maximum Gasteiger partial charge on any atom is 0.303 e. The van der Waals surface area contributed by atoms with E-state index in [1.54, 1.807) is 17.0 Å². The molecule has 6 nitrogen and oxygen atoms in total. The smallest absolute Gasteiger partial charge is 0.303 e. The number of hydrogen-bond donors (Lipinski definition) is 2. The molecule has 0 aliphatic carbocycles. The maximum atomic E-state index is 12.9. The van der Waals surface area contributed by atoms with Crippen LogP contribution in [0.15, 0.2) is 12.1 Å². The lowest BCUT2D eigenvalue weighted by atomic mass is 9.96. The summed E-state index contributed by atoms with van der Waals surface area (Å²) in [6.07, 6.45) is 3.14. The minimum absolute atomic E-state index is 0.0393. The van der Waals surface area contributed by atoms with E-state index in [2.05, 4.69) is 0 Å². The number of amides is 1. The number of phenols is 1. The first-order valence-corrected chi connectivity index (χ1v) is 7.84. The first-order valence-electron chi connectivity index (χ1n) is 7.84. The van der Waals surface area contributed by atoms with Crippen LogP contribution in [0.3, 0.4) is 0 Å². The van der Waals surface area contributed by atoms with Crippen molar-refractivity contribution in [3.05, 3.63) is 23.3 Å². The summed E-state index contributed by atoms with van der Waals surface area (Å²) >= 11 is 0. The summed E-state index contributed by atoms with van der Waals surface area (Å²) in [5.41, 5.74) is 1.03. The van der Waals surface area contributed by atoms with E-state index in [0.29, 0.717) is 13.0 Å². The highest BCUT2D eigenvalue weighted by molar-refractivity contribution is 5.98. The van der Waals surface area contributed by atoms with Gasteiger partial charge in [0.25, 0.3) is 5.91 Å². The number of nitrogens with zero attached hydrogens (tertiary/aromatic N) is 1. The summed E-state index contributed by atoms with van der Waals surface area (Å²) in [6, 6.07) is 3.21. The Balaban J connectivity index is 2.26. The van der Waals surface area contributed by atoms with Crippen molar-refractivity contribution in [1.82, 2.24) is 4.90 Å². The van der Waals surface area contributed by atoms with Crippen LogP contribution in [-0.2, 0) is 4.79 Å². The van der Waals surface area contributed by atoms with E-state index < -0.39 is 5.97 Å². The third-order valence-corrected chi connectivity index (χ3v) is 4.25. The minimum atomic E-state index is -0.858. The average Bonchev–Trinajstić information content (AvgIpc) is 2.54. The molecule has 0 bridgehead atoms. The summed E-state index contributed by atoms with van der Waals surface area (Å²) in [6.45, 7) is 2.41. The molecule has 0 spiro atoms. The zero-order valence-corrected chi connectivity index (χ0v) is 13.5. The standard InChI is InChI=1S/C17H23NO5/c1-11-9-13(16(21)14(10-11)23-2)17(22)18-8-4-3-5-12(18)6-7-15(19)20/h9-10,12,21H,3-8H2,1-2H3,(H,19,20). The van der Waals surface area contributed by atoms with E-state index in [1.165, 1.54) is 7.11 Å². The predicted molar refractivity (Wildman–Crippen MR) is 84.9 cm³/mol. The van der Waals surface area contributed by atoms with Gasteiger partial charge in [0.15, 0.2) is 11.5 Å². The number of carbonyl (C=O) groups is 2. The van der Waals surface area contributed by atoms with Gasteiger partial charge in [-0.15, -0.1) is 0 Å². The van der Waals surface area contributed by atoms with Crippen LogP contribution in [0.1, 0.15) is 48.0 Å². The van der Waals surface area contributed by atoms with E-state index in [9.17, 15) is 14.7 Å². The number of likely N-dealkylation sites (tertiary alicyclic amines) is 1. The number of hydrogen-bond acceptors (Lipinski definition) is 4. The quantitative estimate of drug-likeness (QED) is 0.870. The second kappa shape index (κ2) is 7.35. The molecule has 1 aliphatic heterocycles. The van der Waals surface area contributed by atoms with Crippen LogP contribution in [-0.4, -0.2) is 46.7 Å². The van der Waals surface area contributed by atoms with Crippen molar-refractivity contribution >= 4 is 11.9 Å². The first kappa shape index (κ1) is 17.1. The molecule has 1 amide bonds. The van der Waals surface area contributed by atoms with Gasteiger partial charge in [0.1, 0.15) is 0 Å². The normalized spacial score (nSPS) is 17.8. The fourth-order valence-corrected chi connectivity index (χ4v) is 3.08. The average molecular weight is 321 g/mol. The number of benzene rings is 1. The summed E-state index contributed by atoms with van der Waals surface area (Å²) in [4.78, 5) is 25.4. The van der Waals surface area contributed by atoms with Gasteiger partial charge in [-0.2, -0.15) is 0 Å². The number of aromatic hydroxyl groups is 1. The third kappa shape index (κ3) is 3.94. The lowest BCUT2D eigenvalue weighted by Crippen LogP contribution is -2.44. The van der Waals surface area contributed by atoms with E-state index in [0.717, 1.165) is 24.8 Å². The lowest BCUT2D eigenvalue weighted by molar-refractivity contribution is -0.137. The number of carboxylic acid groups (broad SMARTS) is 1. The monoisotopic (exact) mass is 321 g/mol. The Morgan fingerprint density at radius 2 is 2.09 bits per heavy atom. The highest BCUT2D eigenvalue weighted by Crippen LogP contribution is 2.33. The zero-order valence-electron chi connectivity index (χ0n) is 13.5. The summed E-state index contributed by atoms with van der Waals surface area (Å²) in [5, 5.41) is 19.1. The summed E-state index contributed by atoms with van der Waals surface area (Å²) < 4.78 is 5.11. The molecule has 6 heteroatoms. The maximum absolute atomic E-state index is 12.9. The molecule has 1 aromatic carbocycles. The van der Waals surface area contributed by atoms with Crippen LogP contribution in [0.5, 0.6) is 11.5 Å². The van der Waals surface area contributed by atoms with Gasteiger partial charge >= 0.3 is 5.97 Å². The van der Waals surface area contributed by atoms with Crippen LogP contribution in [0.25, 0.3) is 0 Å². The highest BCUT2D eigenvalue weighted by Gasteiger charge is 2.30. The fraction of sp³-hybridized carbons (Fsp3) is 0.529. The number of ether oxygens (including phenoxy) is 1. The van der Waals surface area contributed by atoms with Crippen LogP contribution >= 0.6 is 0 Å². The van der Waals surface area contributed by atoms with Gasteiger partial charge in [-0.25, -0.2) is 0 Å². The van der Waals surface area contributed by atoms with Crippen LogP contribution in [0.4, 0.5) is 0 Å². The molecule has 1 unspecified atom stereocenters. The van der Waals surface area contributed by atoms with Crippen LogP contribution in [0, 0.1) is 6.92 Å². The van der Waals surface area contributed by atoms with Gasteiger partial charge in [0.2, 0.25) is 0 Å². The van der Waals surface area contributed by atoms with Gasteiger partial charge in [0, 0.05) is 19.0 Å². The number of carbonyl (C=O) groups excluding carboxylic acids is 1. The first-order chi connectivity index (χ1) is 10.9. The number of carboxylic acids is 1. The van der Waals surface area contributed by atoms with Crippen LogP contribution in [0.2, 0.25) is 0 Å². The number of piperidine rings is 1. The Morgan fingerprint density at radius 1 is 1.35 bits per heavy atom. The van der Waals surface area contributed by atoms with E-state index in [1.807, 2.05) is 6.92 Å². The number of aliphatic carboxylic acids is 1. The van der Waals surface area contributed by atoms with Crippen molar-refractivity contribution in [3.8, 4) is 11.5 Å². The van der Waals surface area contributed by atoms with E-state index >= 15 is 0 Å². The molecular formula is C17H23NO5. The van der Waals surface area contributed by atoms with Crippen molar-refractivity contribution in [2.75, 3.05) is 13.7 Å². The molecule has 23 heavy (non-hydrogen) atoms. The molecule has 0 saturated carbocycles. The Hall–Kier alpha value is -2.24. The van der Waals surface area contributed by atoms with Gasteiger partial charge in [-0.05, 0) is 50.3 Å². The topological polar surface area (TPSA) is 87.1 Å². The van der Waals surface area contributed by atoms with Crippen molar-refractivity contribution in [2.45, 2.75) is 45.1 Å². The molecule has 1 aromatic rings. The number of methoxy groups -OCH3 is 1. The second-order valence-corrected chi connectivity index (χ2v) is 5.94. The summed E-state index contributed by atoms with van der Waals surface area (Å²) in [7, 11) is 1.44. The Bertz CT molecular complexity index is 599. The van der Waals surface area contributed by atoms with E-state index in [4.69, 9.17) is 9.84 Å². The molecule has 126 valence electrons. The van der Waals surface area contributed by atoms with Gasteiger partial charge in [-0.3, -0.25) is 9.59 Å². The predicted octanol–water partition coefficient (Wildman–Crippen LogP) is 2.57. The van der Waals surface area contributed by atoms with E-state index in [-0.39, 0.29) is 35.4 Å². The largest absolute Gasteiger partial charge is 0.504 e. The van der Waals surface area contributed by atoms with Crippen molar-refractivity contribution < 1.29 is 24.5 Å². The zero-order chi connectivity index (χ0) is 17.0. The summed E-state index contributed by atoms with van der Waals surface area (Å²) in [5.74, 6) is -1.01. The molecule has 2 N–H and O–H groups in total. The van der Waals surface area contributed by atoms with Gasteiger partial charge in [0.05, 0.1) is 12.7 Å². The molecule has 1 aliphatic rings. The Labute approximate surface area is 135 Å². The van der Waals surface area contributed by atoms with Crippen LogP contribution < -0.4 is 4.74 Å². The highest BCUT2D eigenvalue weighted by atomic mass is 16.5. The Morgan fingerprint density at radius 3 is 2.74 bits per heavy atom. The van der Waals surface area contributed by atoms with Crippen molar-refractivity contribution in [3.63, 3.8) is 0 Å². The molecule has 1 heterocycles. The van der Waals surface area contributed by atoms with Gasteiger partial charge in [-0.1, -0.05) is 0 Å². The molecule has 1 fully saturated rings. The lowest BCUT2D eigenvalue weighted by Gasteiger charge is -2.36. The van der Waals surface area contributed by atoms with Crippen molar-refractivity contribution in [2.24, 2.45) is 0 Å². The second-order valence-electron chi connectivity index (χ2n) is 5.94. The SMILES string of the molecule is COc1cc(C)cc(C(=O)N2CCCCC2CCC(=O)O)c1O. The van der Waals surface area contributed by atoms with Crippen molar-refractivity contribution in [1.29, 1.82) is 0 Å². The molecular weight excluding hydrogens is 298 g/mol. The molecule has 0 radical (unpaired) electrons. The molecule has 1 saturated heterocycles.